The van der Waals surface area contributed by atoms with Gasteiger partial charge >= 0.3 is 0 Å². The number of hydrogen-bond donors (Lipinski definition) is 1. The lowest BCUT2D eigenvalue weighted by Crippen LogP contribution is -2.49. The summed E-state index contributed by atoms with van der Waals surface area (Å²) < 4.78 is 19.9. The number of rotatable bonds is 11. The van der Waals surface area contributed by atoms with Crippen molar-refractivity contribution < 1.29 is 18.7 Å². The molecular weight excluding hydrogens is 395 g/mol. The number of benzene rings is 2. The Hall–Kier alpha value is -2.89. The van der Waals surface area contributed by atoms with E-state index >= 15 is 0 Å². The lowest BCUT2D eigenvalue weighted by Gasteiger charge is -2.30. The van der Waals surface area contributed by atoms with E-state index in [0.717, 1.165) is 17.7 Å². The maximum Gasteiger partial charge on any atom is 0.242 e. The molecule has 2 atom stereocenters. The first-order valence-electron chi connectivity index (χ1n) is 10.8. The van der Waals surface area contributed by atoms with E-state index in [-0.39, 0.29) is 30.8 Å². The van der Waals surface area contributed by atoms with Crippen LogP contribution in [0.15, 0.2) is 48.5 Å². The van der Waals surface area contributed by atoms with Crippen LogP contribution in [0.2, 0.25) is 0 Å². The van der Waals surface area contributed by atoms with Crippen molar-refractivity contribution in [3.8, 4) is 5.75 Å². The van der Waals surface area contributed by atoms with E-state index < -0.39 is 11.9 Å². The summed E-state index contributed by atoms with van der Waals surface area (Å²) in [6.07, 6.45) is 1.50. The molecule has 0 spiro atoms. The number of carbonyl (C=O) groups is 2. The van der Waals surface area contributed by atoms with Gasteiger partial charge in [0.05, 0.1) is 6.61 Å². The molecule has 2 amide bonds. The predicted octanol–water partition coefficient (Wildman–Crippen LogP) is 4.63. The van der Waals surface area contributed by atoms with Gasteiger partial charge in [-0.25, -0.2) is 4.39 Å². The highest BCUT2D eigenvalue weighted by Gasteiger charge is 2.27. The number of nitrogens with zero attached hydrogens (tertiary/aromatic N) is 1. The van der Waals surface area contributed by atoms with Gasteiger partial charge in [-0.05, 0) is 51.8 Å². The minimum Gasteiger partial charge on any atom is -0.494 e. The molecule has 0 aliphatic heterocycles. The highest BCUT2D eigenvalue weighted by atomic mass is 19.1. The first kappa shape index (κ1) is 24.4. The average Bonchev–Trinajstić information content (AvgIpc) is 2.76. The Kier molecular flexibility index (Phi) is 9.50. The van der Waals surface area contributed by atoms with Crippen molar-refractivity contribution in [2.75, 3.05) is 6.61 Å². The zero-order valence-electron chi connectivity index (χ0n) is 18.9. The third-order valence-electron chi connectivity index (χ3n) is 5.29. The summed E-state index contributed by atoms with van der Waals surface area (Å²) in [6, 6.07) is 13.3. The molecule has 6 heteroatoms. The number of carbonyl (C=O) groups excluding carboxylic acids is 2. The van der Waals surface area contributed by atoms with Crippen LogP contribution in [0.25, 0.3) is 0 Å². The van der Waals surface area contributed by atoms with Gasteiger partial charge in [-0.2, -0.15) is 0 Å². The van der Waals surface area contributed by atoms with Gasteiger partial charge in [0, 0.05) is 24.6 Å². The number of hydrogen-bond acceptors (Lipinski definition) is 3. The van der Waals surface area contributed by atoms with Crippen molar-refractivity contribution in [3.05, 3.63) is 65.5 Å². The molecule has 31 heavy (non-hydrogen) atoms. The quantitative estimate of drug-likeness (QED) is 0.531. The van der Waals surface area contributed by atoms with Crippen molar-refractivity contribution in [1.29, 1.82) is 0 Å². The maximum absolute atomic E-state index is 14.2. The fourth-order valence-corrected chi connectivity index (χ4v) is 3.05. The SMILES string of the molecule is CC[C@@H](C)NC(=O)[C@H](C)N(Cc1ccccc1F)C(=O)CCCOc1ccc(C)cc1. The van der Waals surface area contributed by atoms with Gasteiger partial charge in [-0.1, -0.05) is 42.8 Å². The Bertz CT molecular complexity index is 854. The Morgan fingerprint density at radius 1 is 1.10 bits per heavy atom. The van der Waals surface area contributed by atoms with Gasteiger partial charge in [0.15, 0.2) is 0 Å². The Morgan fingerprint density at radius 2 is 1.77 bits per heavy atom. The van der Waals surface area contributed by atoms with Gasteiger partial charge in [0.25, 0.3) is 0 Å². The van der Waals surface area contributed by atoms with Crippen LogP contribution in [0.4, 0.5) is 4.39 Å². The van der Waals surface area contributed by atoms with E-state index in [0.29, 0.717) is 18.6 Å². The zero-order valence-corrected chi connectivity index (χ0v) is 18.9. The molecule has 2 aromatic rings. The number of halogens is 1. The van der Waals surface area contributed by atoms with Crippen molar-refractivity contribution in [3.63, 3.8) is 0 Å². The highest BCUT2D eigenvalue weighted by Crippen LogP contribution is 2.16. The van der Waals surface area contributed by atoms with Crippen LogP contribution in [0.5, 0.6) is 5.75 Å². The number of nitrogens with one attached hydrogen (secondary N) is 1. The number of ether oxygens (including phenoxy) is 1. The molecule has 0 aromatic heterocycles. The summed E-state index contributed by atoms with van der Waals surface area (Å²) in [7, 11) is 0. The second-order valence-corrected chi connectivity index (χ2v) is 7.87. The van der Waals surface area contributed by atoms with Crippen LogP contribution < -0.4 is 10.1 Å². The maximum atomic E-state index is 14.2. The fourth-order valence-electron chi connectivity index (χ4n) is 3.05. The molecule has 0 fully saturated rings. The molecule has 5 nitrogen and oxygen atoms in total. The molecule has 0 radical (unpaired) electrons. The molecule has 2 rings (SSSR count). The van der Waals surface area contributed by atoms with Crippen molar-refractivity contribution >= 4 is 11.8 Å². The number of aryl methyl sites for hydroxylation is 1. The molecular formula is C25H33FN2O3. The third kappa shape index (κ3) is 7.70. The Morgan fingerprint density at radius 3 is 2.42 bits per heavy atom. The highest BCUT2D eigenvalue weighted by molar-refractivity contribution is 5.87. The van der Waals surface area contributed by atoms with E-state index in [2.05, 4.69) is 5.32 Å². The molecule has 0 bridgehead atoms. The van der Waals surface area contributed by atoms with E-state index in [1.807, 2.05) is 45.0 Å². The third-order valence-corrected chi connectivity index (χ3v) is 5.29. The molecule has 2 aromatic carbocycles. The van der Waals surface area contributed by atoms with Crippen LogP contribution in [-0.4, -0.2) is 35.4 Å². The second-order valence-electron chi connectivity index (χ2n) is 7.87. The molecule has 1 N–H and O–H groups in total. The van der Waals surface area contributed by atoms with Crippen molar-refractivity contribution in [2.24, 2.45) is 0 Å². The lowest BCUT2D eigenvalue weighted by molar-refractivity contribution is -0.141. The summed E-state index contributed by atoms with van der Waals surface area (Å²) in [5.41, 5.74) is 1.53. The van der Waals surface area contributed by atoms with E-state index in [9.17, 15) is 14.0 Å². The first-order valence-corrected chi connectivity index (χ1v) is 10.8. The van der Waals surface area contributed by atoms with E-state index in [1.165, 1.54) is 11.0 Å². The smallest absolute Gasteiger partial charge is 0.242 e. The topological polar surface area (TPSA) is 58.6 Å². The van der Waals surface area contributed by atoms with E-state index in [4.69, 9.17) is 4.74 Å². The van der Waals surface area contributed by atoms with Crippen LogP contribution in [0, 0.1) is 12.7 Å². The van der Waals surface area contributed by atoms with Gasteiger partial charge in [0.1, 0.15) is 17.6 Å². The van der Waals surface area contributed by atoms with Gasteiger partial charge in [-0.3, -0.25) is 9.59 Å². The van der Waals surface area contributed by atoms with Crippen LogP contribution >= 0.6 is 0 Å². The Balaban J connectivity index is 2.01. The zero-order chi connectivity index (χ0) is 22.8. The summed E-state index contributed by atoms with van der Waals surface area (Å²) in [6.45, 7) is 8.00. The van der Waals surface area contributed by atoms with Crippen LogP contribution in [-0.2, 0) is 16.1 Å². The predicted molar refractivity (Wildman–Crippen MR) is 120 cm³/mol. The monoisotopic (exact) mass is 428 g/mol. The van der Waals surface area contributed by atoms with Crippen molar-refractivity contribution in [1.82, 2.24) is 10.2 Å². The molecule has 168 valence electrons. The minimum atomic E-state index is -0.709. The minimum absolute atomic E-state index is 0.00303. The van der Waals surface area contributed by atoms with Gasteiger partial charge in [-0.15, -0.1) is 0 Å². The van der Waals surface area contributed by atoms with Crippen LogP contribution in [0.1, 0.15) is 51.2 Å². The summed E-state index contributed by atoms with van der Waals surface area (Å²) >= 11 is 0. The molecule has 0 aliphatic rings. The lowest BCUT2D eigenvalue weighted by atomic mass is 10.1. The standard InChI is InChI=1S/C25H33FN2O3/c1-5-19(3)27-25(30)20(4)28(17-21-9-6-7-10-23(21)26)24(29)11-8-16-31-22-14-12-18(2)13-15-22/h6-7,9-10,12-15,19-20H,5,8,11,16-17H2,1-4H3,(H,27,30)/t19-,20+/m1/s1. The van der Waals surface area contributed by atoms with Crippen LogP contribution in [0.3, 0.4) is 0 Å². The van der Waals surface area contributed by atoms with E-state index in [1.54, 1.807) is 25.1 Å². The molecule has 0 saturated carbocycles. The average molecular weight is 429 g/mol. The Labute approximate surface area is 184 Å². The fraction of sp³-hybridized carbons (Fsp3) is 0.440. The second kappa shape index (κ2) is 12.1. The molecule has 0 aliphatic carbocycles. The number of amides is 2. The van der Waals surface area contributed by atoms with Gasteiger partial charge in [0.2, 0.25) is 11.8 Å². The molecule has 0 heterocycles. The first-order chi connectivity index (χ1) is 14.8. The largest absolute Gasteiger partial charge is 0.494 e. The summed E-state index contributed by atoms with van der Waals surface area (Å²) in [5.74, 6) is -0.0856. The molecule has 0 saturated heterocycles. The summed E-state index contributed by atoms with van der Waals surface area (Å²) in [4.78, 5) is 27.1. The normalized spacial score (nSPS) is 12.7. The van der Waals surface area contributed by atoms with Crippen molar-refractivity contribution in [2.45, 2.75) is 65.6 Å². The summed E-state index contributed by atoms with van der Waals surface area (Å²) in [5, 5.41) is 2.91. The van der Waals surface area contributed by atoms with Gasteiger partial charge < -0.3 is 15.0 Å². The molecule has 0 unspecified atom stereocenters.